The average molecular weight is 280 g/mol. The highest BCUT2D eigenvalue weighted by Crippen LogP contribution is 2.05. The third kappa shape index (κ3) is 3.67. The van der Waals surface area contributed by atoms with Gasteiger partial charge in [0.1, 0.15) is 0 Å². The molecule has 0 spiro atoms. The molecule has 0 saturated carbocycles. The van der Waals surface area contributed by atoms with Crippen LogP contribution in [0.5, 0.6) is 0 Å². The molecule has 4 nitrogen and oxygen atoms in total. The van der Waals surface area contributed by atoms with Gasteiger partial charge in [0, 0.05) is 30.6 Å². The Morgan fingerprint density at radius 1 is 1.14 bits per heavy atom. The van der Waals surface area contributed by atoms with Crippen LogP contribution in [0.2, 0.25) is 0 Å². The maximum absolute atomic E-state index is 4.41. The van der Waals surface area contributed by atoms with E-state index in [-0.39, 0.29) is 0 Å². The van der Waals surface area contributed by atoms with Crippen molar-refractivity contribution in [3.8, 4) is 0 Å². The maximum atomic E-state index is 4.41. The minimum atomic E-state index is 0.830. The molecule has 0 aliphatic rings. The molecule has 0 radical (unpaired) electrons. The van der Waals surface area contributed by atoms with Crippen LogP contribution < -0.4 is 5.32 Å². The van der Waals surface area contributed by atoms with Crippen LogP contribution in [0.3, 0.4) is 0 Å². The highest BCUT2D eigenvalue weighted by molar-refractivity contribution is 5.38. The van der Waals surface area contributed by atoms with E-state index < -0.39 is 0 Å². The van der Waals surface area contributed by atoms with Gasteiger partial charge in [0.2, 0.25) is 0 Å². The molecule has 0 amide bonds. The zero-order chi connectivity index (χ0) is 14.5. The summed E-state index contributed by atoms with van der Waals surface area (Å²) in [7, 11) is 0. The fraction of sp³-hybridized carbons (Fsp3) is 0.294. The lowest BCUT2D eigenvalue weighted by molar-refractivity contribution is 0.645. The van der Waals surface area contributed by atoms with E-state index in [0.29, 0.717) is 0 Å². The van der Waals surface area contributed by atoms with Crippen molar-refractivity contribution in [2.24, 2.45) is 0 Å². The van der Waals surface area contributed by atoms with Crippen molar-refractivity contribution in [3.63, 3.8) is 0 Å². The number of nitrogens with one attached hydrogen (secondary N) is 1. The Kier molecular flexibility index (Phi) is 4.26. The minimum Gasteiger partial charge on any atom is -0.313 e. The second kappa shape index (κ2) is 6.50. The van der Waals surface area contributed by atoms with Gasteiger partial charge in [0.05, 0.1) is 5.69 Å². The standard InChI is InChI=1S/C17H20N4/c1-14-10-17-19-12-16(13-21(17)20-14)11-18-9-5-8-15-6-3-2-4-7-15/h2-4,6-7,10,12-13,18H,5,8-9,11H2,1H3. The first-order valence-corrected chi connectivity index (χ1v) is 7.37. The van der Waals surface area contributed by atoms with E-state index in [1.165, 1.54) is 5.56 Å². The summed E-state index contributed by atoms with van der Waals surface area (Å²) < 4.78 is 1.84. The molecular formula is C17H20N4. The van der Waals surface area contributed by atoms with Gasteiger partial charge in [-0.1, -0.05) is 30.3 Å². The largest absolute Gasteiger partial charge is 0.313 e. The normalized spacial score (nSPS) is 11.1. The summed E-state index contributed by atoms with van der Waals surface area (Å²) in [6.45, 7) is 3.82. The fourth-order valence-electron chi connectivity index (χ4n) is 2.42. The lowest BCUT2D eigenvalue weighted by Crippen LogP contribution is -2.16. The zero-order valence-electron chi connectivity index (χ0n) is 12.3. The molecule has 4 heteroatoms. The van der Waals surface area contributed by atoms with Crippen molar-refractivity contribution in [3.05, 3.63) is 65.6 Å². The predicted molar refractivity (Wildman–Crippen MR) is 84.2 cm³/mol. The number of aromatic nitrogens is 3. The van der Waals surface area contributed by atoms with Crippen molar-refractivity contribution in [1.82, 2.24) is 19.9 Å². The molecular weight excluding hydrogens is 260 g/mol. The molecule has 2 aromatic heterocycles. The Hall–Kier alpha value is -2.20. The van der Waals surface area contributed by atoms with E-state index in [2.05, 4.69) is 45.7 Å². The number of fused-ring (bicyclic) bond motifs is 1. The SMILES string of the molecule is Cc1cc2ncc(CNCCCc3ccccc3)cn2n1. The molecule has 0 fully saturated rings. The van der Waals surface area contributed by atoms with E-state index in [1.807, 2.05) is 29.9 Å². The first-order chi connectivity index (χ1) is 10.3. The van der Waals surface area contributed by atoms with E-state index in [4.69, 9.17) is 0 Å². The Balaban J connectivity index is 1.46. The van der Waals surface area contributed by atoms with Gasteiger partial charge in [0.15, 0.2) is 5.65 Å². The molecule has 0 atom stereocenters. The van der Waals surface area contributed by atoms with Gasteiger partial charge in [-0.2, -0.15) is 5.10 Å². The summed E-state index contributed by atoms with van der Waals surface area (Å²) in [5, 5.41) is 7.85. The Bertz CT molecular complexity index is 703. The monoisotopic (exact) mass is 280 g/mol. The summed E-state index contributed by atoms with van der Waals surface area (Å²) in [6.07, 6.45) is 6.21. The van der Waals surface area contributed by atoms with Crippen molar-refractivity contribution >= 4 is 5.65 Å². The molecule has 2 heterocycles. The molecule has 21 heavy (non-hydrogen) atoms. The fourth-order valence-corrected chi connectivity index (χ4v) is 2.42. The van der Waals surface area contributed by atoms with E-state index in [0.717, 1.165) is 42.8 Å². The number of hydrogen-bond donors (Lipinski definition) is 1. The molecule has 0 unspecified atom stereocenters. The van der Waals surface area contributed by atoms with Gasteiger partial charge in [0.25, 0.3) is 0 Å². The highest BCUT2D eigenvalue weighted by Gasteiger charge is 2.00. The first-order valence-electron chi connectivity index (χ1n) is 7.37. The smallest absolute Gasteiger partial charge is 0.155 e. The second-order valence-electron chi connectivity index (χ2n) is 5.32. The molecule has 0 aliphatic carbocycles. The van der Waals surface area contributed by atoms with Gasteiger partial charge in [-0.25, -0.2) is 9.50 Å². The summed E-state index contributed by atoms with van der Waals surface area (Å²) in [6, 6.07) is 12.6. The Morgan fingerprint density at radius 3 is 2.86 bits per heavy atom. The summed E-state index contributed by atoms with van der Waals surface area (Å²) >= 11 is 0. The van der Waals surface area contributed by atoms with Gasteiger partial charge in [-0.05, 0) is 31.9 Å². The van der Waals surface area contributed by atoms with E-state index in [9.17, 15) is 0 Å². The van der Waals surface area contributed by atoms with Crippen molar-refractivity contribution < 1.29 is 0 Å². The molecule has 3 rings (SSSR count). The Morgan fingerprint density at radius 2 is 2.00 bits per heavy atom. The molecule has 108 valence electrons. The molecule has 0 bridgehead atoms. The summed E-state index contributed by atoms with van der Waals surface area (Å²) in [5.74, 6) is 0. The van der Waals surface area contributed by atoms with Crippen LogP contribution in [-0.2, 0) is 13.0 Å². The van der Waals surface area contributed by atoms with E-state index >= 15 is 0 Å². The lowest BCUT2D eigenvalue weighted by Gasteiger charge is -2.05. The molecule has 1 aromatic carbocycles. The average Bonchev–Trinajstić information content (AvgIpc) is 2.87. The maximum Gasteiger partial charge on any atom is 0.155 e. The molecule has 0 aliphatic heterocycles. The van der Waals surface area contributed by atoms with Crippen LogP contribution >= 0.6 is 0 Å². The number of benzene rings is 1. The van der Waals surface area contributed by atoms with Crippen LogP contribution in [0.1, 0.15) is 23.2 Å². The molecule has 0 saturated heterocycles. The number of hydrogen-bond acceptors (Lipinski definition) is 3. The van der Waals surface area contributed by atoms with Gasteiger partial charge in [-0.3, -0.25) is 0 Å². The van der Waals surface area contributed by atoms with Gasteiger partial charge >= 0.3 is 0 Å². The predicted octanol–water partition coefficient (Wildman–Crippen LogP) is 2.76. The van der Waals surface area contributed by atoms with E-state index in [1.54, 1.807) is 0 Å². The number of rotatable bonds is 6. The minimum absolute atomic E-state index is 0.830. The third-order valence-electron chi connectivity index (χ3n) is 3.48. The quantitative estimate of drug-likeness (QED) is 0.706. The zero-order valence-corrected chi connectivity index (χ0v) is 12.3. The first kappa shape index (κ1) is 13.8. The second-order valence-corrected chi connectivity index (χ2v) is 5.32. The van der Waals surface area contributed by atoms with Gasteiger partial charge < -0.3 is 5.32 Å². The highest BCUT2D eigenvalue weighted by atomic mass is 15.2. The number of aryl methyl sites for hydroxylation is 2. The summed E-state index contributed by atoms with van der Waals surface area (Å²) in [4.78, 5) is 4.41. The molecule has 1 N–H and O–H groups in total. The van der Waals surface area contributed by atoms with Crippen molar-refractivity contribution in [2.45, 2.75) is 26.3 Å². The van der Waals surface area contributed by atoms with Crippen molar-refractivity contribution in [2.75, 3.05) is 6.54 Å². The lowest BCUT2D eigenvalue weighted by atomic mass is 10.1. The van der Waals surface area contributed by atoms with Crippen LogP contribution in [0, 0.1) is 6.92 Å². The topological polar surface area (TPSA) is 42.2 Å². The Labute approximate surface area is 124 Å². The van der Waals surface area contributed by atoms with Crippen LogP contribution in [0.15, 0.2) is 48.8 Å². The van der Waals surface area contributed by atoms with Crippen LogP contribution in [0.4, 0.5) is 0 Å². The van der Waals surface area contributed by atoms with Crippen molar-refractivity contribution in [1.29, 1.82) is 0 Å². The van der Waals surface area contributed by atoms with Gasteiger partial charge in [-0.15, -0.1) is 0 Å². The third-order valence-corrected chi connectivity index (χ3v) is 3.48. The van der Waals surface area contributed by atoms with Crippen LogP contribution in [0.25, 0.3) is 5.65 Å². The summed E-state index contributed by atoms with van der Waals surface area (Å²) in [5.41, 5.74) is 4.45. The molecule has 3 aromatic rings. The number of nitrogens with zero attached hydrogens (tertiary/aromatic N) is 3. The van der Waals surface area contributed by atoms with Crippen LogP contribution in [-0.4, -0.2) is 21.1 Å².